The largest absolute Gasteiger partial charge is 0.385 e. The Morgan fingerprint density at radius 2 is 1.67 bits per heavy atom. The highest BCUT2D eigenvalue weighted by Crippen LogP contribution is 2.08. The molecule has 2 nitrogen and oxygen atoms in total. The molecule has 0 radical (unpaired) electrons. The Bertz CT molecular complexity index is 502. The van der Waals surface area contributed by atoms with E-state index in [1.807, 2.05) is 61.5 Å². The maximum atomic E-state index is 11.9. The van der Waals surface area contributed by atoms with Crippen LogP contribution in [0.1, 0.15) is 22.3 Å². The van der Waals surface area contributed by atoms with Crippen molar-refractivity contribution in [2.75, 3.05) is 11.9 Å². The first-order valence-electron chi connectivity index (χ1n) is 6.14. The monoisotopic (exact) mass is 239 g/mol. The van der Waals surface area contributed by atoms with Gasteiger partial charge in [-0.15, -0.1) is 0 Å². The van der Waals surface area contributed by atoms with Crippen LogP contribution in [0.15, 0.2) is 54.6 Å². The van der Waals surface area contributed by atoms with Crippen LogP contribution in [-0.2, 0) is 0 Å². The van der Waals surface area contributed by atoms with Gasteiger partial charge in [-0.25, -0.2) is 0 Å². The zero-order valence-electron chi connectivity index (χ0n) is 10.5. The molecule has 0 saturated heterocycles. The van der Waals surface area contributed by atoms with Crippen LogP contribution >= 0.6 is 0 Å². The quantitative estimate of drug-likeness (QED) is 0.806. The summed E-state index contributed by atoms with van der Waals surface area (Å²) in [5.41, 5.74) is 3.01. The number of carbonyl (C=O) groups is 1. The topological polar surface area (TPSA) is 29.1 Å². The van der Waals surface area contributed by atoms with Crippen molar-refractivity contribution >= 4 is 11.5 Å². The maximum Gasteiger partial charge on any atom is 0.164 e. The van der Waals surface area contributed by atoms with E-state index in [1.165, 1.54) is 5.56 Å². The summed E-state index contributed by atoms with van der Waals surface area (Å²) in [5, 5.41) is 3.24. The van der Waals surface area contributed by atoms with E-state index >= 15 is 0 Å². The molecule has 0 aromatic heterocycles. The van der Waals surface area contributed by atoms with E-state index in [-0.39, 0.29) is 5.78 Å². The van der Waals surface area contributed by atoms with E-state index in [0.717, 1.165) is 11.3 Å². The summed E-state index contributed by atoms with van der Waals surface area (Å²) in [6, 6.07) is 17.6. The number of hydrogen-bond acceptors (Lipinski definition) is 2. The number of nitrogens with one attached hydrogen (secondary N) is 1. The van der Waals surface area contributed by atoms with Gasteiger partial charge in [-0.3, -0.25) is 4.79 Å². The molecule has 0 heterocycles. The van der Waals surface area contributed by atoms with Gasteiger partial charge in [0.25, 0.3) is 0 Å². The number of para-hydroxylation sites is 1. The summed E-state index contributed by atoms with van der Waals surface area (Å²) in [6.07, 6.45) is 0.512. The summed E-state index contributed by atoms with van der Waals surface area (Å²) in [4.78, 5) is 11.9. The number of hydrogen-bond donors (Lipinski definition) is 1. The van der Waals surface area contributed by atoms with Crippen LogP contribution in [0.25, 0.3) is 0 Å². The predicted molar refractivity (Wildman–Crippen MR) is 75.1 cm³/mol. The summed E-state index contributed by atoms with van der Waals surface area (Å²) in [7, 11) is 0. The maximum absolute atomic E-state index is 11.9. The molecule has 0 aliphatic heterocycles. The van der Waals surface area contributed by atoms with E-state index in [9.17, 15) is 4.79 Å². The fourth-order valence-electron chi connectivity index (χ4n) is 1.76. The highest BCUT2D eigenvalue weighted by atomic mass is 16.1. The van der Waals surface area contributed by atoms with Crippen LogP contribution in [0.5, 0.6) is 0 Å². The van der Waals surface area contributed by atoms with Crippen LogP contribution in [0.3, 0.4) is 0 Å². The van der Waals surface area contributed by atoms with Gasteiger partial charge in [-0.05, 0) is 19.1 Å². The van der Waals surface area contributed by atoms with Gasteiger partial charge in [0.05, 0.1) is 0 Å². The van der Waals surface area contributed by atoms with E-state index in [1.54, 1.807) is 0 Å². The highest BCUT2D eigenvalue weighted by Gasteiger charge is 2.04. The molecule has 0 fully saturated rings. The van der Waals surface area contributed by atoms with E-state index in [4.69, 9.17) is 0 Å². The third-order valence-corrected chi connectivity index (χ3v) is 2.83. The van der Waals surface area contributed by atoms with Crippen molar-refractivity contribution in [2.45, 2.75) is 13.3 Å². The van der Waals surface area contributed by atoms with Crippen LogP contribution < -0.4 is 5.32 Å². The van der Waals surface area contributed by atoms with Crippen LogP contribution in [-0.4, -0.2) is 12.3 Å². The van der Waals surface area contributed by atoms with E-state index < -0.39 is 0 Å². The second-order valence-electron chi connectivity index (χ2n) is 4.33. The lowest BCUT2D eigenvalue weighted by atomic mass is 10.1. The smallest absolute Gasteiger partial charge is 0.164 e. The second-order valence-corrected chi connectivity index (χ2v) is 4.33. The van der Waals surface area contributed by atoms with Crippen LogP contribution in [0.4, 0.5) is 5.69 Å². The lowest BCUT2D eigenvalue weighted by Gasteiger charge is -2.05. The summed E-state index contributed by atoms with van der Waals surface area (Å²) in [6.45, 7) is 2.68. The minimum atomic E-state index is 0.179. The first-order chi connectivity index (χ1) is 8.75. The van der Waals surface area contributed by atoms with Gasteiger partial charge in [0, 0.05) is 24.2 Å². The van der Waals surface area contributed by atoms with Crippen molar-refractivity contribution in [3.05, 3.63) is 65.7 Å². The zero-order chi connectivity index (χ0) is 12.8. The summed E-state index contributed by atoms with van der Waals surface area (Å²) >= 11 is 0. The number of carbonyl (C=O) groups excluding carboxylic acids is 1. The van der Waals surface area contributed by atoms with Gasteiger partial charge in [0.15, 0.2) is 5.78 Å². The number of ketones is 1. The number of Topliss-reactive ketones (excluding diaryl/α,β-unsaturated/α-hetero) is 1. The summed E-state index contributed by atoms with van der Waals surface area (Å²) < 4.78 is 0. The van der Waals surface area contributed by atoms with Gasteiger partial charge in [-0.1, -0.05) is 48.0 Å². The molecular weight excluding hydrogens is 222 g/mol. The predicted octanol–water partition coefficient (Wildman–Crippen LogP) is 3.68. The second kappa shape index (κ2) is 6.01. The van der Waals surface area contributed by atoms with E-state index in [0.29, 0.717) is 13.0 Å². The number of rotatable bonds is 5. The minimum Gasteiger partial charge on any atom is -0.385 e. The Hall–Kier alpha value is -2.09. The van der Waals surface area contributed by atoms with Crippen molar-refractivity contribution in [3.63, 3.8) is 0 Å². The number of anilines is 1. The van der Waals surface area contributed by atoms with E-state index in [2.05, 4.69) is 5.32 Å². The molecule has 2 rings (SSSR count). The Labute approximate surface area is 108 Å². The average molecular weight is 239 g/mol. The normalized spacial score (nSPS) is 10.1. The number of aryl methyl sites for hydroxylation is 1. The van der Waals surface area contributed by atoms with Crippen molar-refractivity contribution in [3.8, 4) is 0 Å². The molecule has 92 valence electrons. The van der Waals surface area contributed by atoms with Crippen LogP contribution in [0, 0.1) is 6.92 Å². The van der Waals surface area contributed by atoms with Crippen molar-refractivity contribution < 1.29 is 4.79 Å². The lowest BCUT2D eigenvalue weighted by molar-refractivity contribution is 0.0986. The van der Waals surface area contributed by atoms with Gasteiger partial charge >= 0.3 is 0 Å². The molecule has 0 aliphatic carbocycles. The molecular formula is C16H17NO. The van der Waals surface area contributed by atoms with Crippen LogP contribution in [0.2, 0.25) is 0 Å². The molecule has 2 aromatic rings. The minimum absolute atomic E-state index is 0.179. The molecule has 18 heavy (non-hydrogen) atoms. The molecule has 2 heteroatoms. The molecule has 2 aromatic carbocycles. The Kier molecular flexibility index (Phi) is 4.13. The third-order valence-electron chi connectivity index (χ3n) is 2.83. The third kappa shape index (κ3) is 3.45. The molecule has 0 spiro atoms. The molecule has 0 bridgehead atoms. The fraction of sp³-hybridized carbons (Fsp3) is 0.188. The molecule has 1 N–H and O–H groups in total. The van der Waals surface area contributed by atoms with Gasteiger partial charge in [-0.2, -0.15) is 0 Å². The highest BCUT2D eigenvalue weighted by molar-refractivity contribution is 5.96. The Balaban J connectivity index is 1.84. The molecule has 0 unspecified atom stereocenters. The van der Waals surface area contributed by atoms with Crippen molar-refractivity contribution in [2.24, 2.45) is 0 Å². The fourth-order valence-corrected chi connectivity index (χ4v) is 1.76. The van der Waals surface area contributed by atoms with Gasteiger partial charge in [0.1, 0.15) is 0 Å². The van der Waals surface area contributed by atoms with Gasteiger partial charge < -0.3 is 5.32 Å². The first-order valence-corrected chi connectivity index (χ1v) is 6.14. The zero-order valence-corrected chi connectivity index (χ0v) is 10.5. The van der Waals surface area contributed by atoms with Crippen molar-refractivity contribution in [1.82, 2.24) is 0 Å². The molecule has 0 atom stereocenters. The molecule has 0 saturated carbocycles. The molecule has 0 amide bonds. The standard InChI is InChI=1S/C16H17NO/c1-13-7-9-14(10-8-13)16(18)11-12-17-15-5-3-2-4-6-15/h2-10,17H,11-12H2,1H3. The lowest BCUT2D eigenvalue weighted by Crippen LogP contribution is -2.08. The molecule has 0 aliphatic rings. The number of benzene rings is 2. The summed E-state index contributed by atoms with van der Waals surface area (Å²) in [5.74, 6) is 0.179. The SMILES string of the molecule is Cc1ccc(C(=O)CCNc2ccccc2)cc1. The van der Waals surface area contributed by atoms with Gasteiger partial charge in [0.2, 0.25) is 0 Å². The Morgan fingerprint density at radius 3 is 2.33 bits per heavy atom. The Morgan fingerprint density at radius 1 is 1.00 bits per heavy atom. The average Bonchev–Trinajstić information content (AvgIpc) is 2.40. The van der Waals surface area contributed by atoms with Crippen molar-refractivity contribution in [1.29, 1.82) is 0 Å². The first kappa shape index (κ1) is 12.4.